The number of aromatic nitrogens is 4. The molecule has 4 atom stereocenters. The second-order valence-electron chi connectivity index (χ2n) is 14.2. The van der Waals surface area contributed by atoms with Gasteiger partial charge >= 0.3 is 0 Å². The van der Waals surface area contributed by atoms with Gasteiger partial charge in [-0.15, -0.1) is 0 Å². The number of imidazole rings is 1. The van der Waals surface area contributed by atoms with Crippen LogP contribution >= 0.6 is 0 Å². The van der Waals surface area contributed by atoms with Crippen molar-refractivity contribution in [1.82, 2.24) is 19.9 Å². The molecule has 0 amide bonds. The molecule has 8 aromatic rings. The first-order valence-electron chi connectivity index (χ1n) is 19.1. The van der Waals surface area contributed by atoms with Crippen molar-refractivity contribution in [2.75, 3.05) is 6.61 Å². The molecule has 3 N–H and O–H groups in total. The molecule has 0 radical (unpaired) electrons. The predicted molar refractivity (Wildman–Crippen MR) is 217 cm³/mol. The number of aliphatic hydroxyl groups is 1. The van der Waals surface area contributed by atoms with Crippen LogP contribution in [0.25, 0.3) is 11.2 Å². The van der Waals surface area contributed by atoms with Gasteiger partial charge in [0.05, 0.1) is 6.61 Å². The van der Waals surface area contributed by atoms with Gasteiger partial charge in [-0.25, -0.2) is 4.98 Å². The Morgan fingerprint density at radius 1 is 0.586 bits per heavy atom. The van der Waals surface area contributed by atoms with Crippen molar-refractivity contribution >= 4 is 11.2 Å². The van der Waals surface area contributed by atoms with Crippen LogP contribution in [0.4, 0.5) is 4.39 Å². The molecule has 9 nitrogen and oxygen atoms in total. The highest BCUT2D eigenvalue weighted by Gasteiger charge is 2.53. The molecule has 6 aromatic carbocycles. The molecule has 10 heteroatoms. The van der Waals surface area contributed by atoms with Crippen LogP contribution in [0.15, 0.2) is 187 Å². The van der Waals surface area contributed by atoms with E-state index in [0.29, 0.717) is 0 Å². The van der Waals surface area contributed by atoms with Gasteiger partial charge < -0.3 is 24.3 Å². The van der Waals surface area contributed by atoms with Crippen molar-refractivity contribution in [2.45, 2.75) is 35.6 Å². The van der Waals surface area contributed by atoms with E-state index in [9.17, 15) is 14.3 Å². The summed E-state index contributed by atoms with van der Waals surface area (Å²) in [6.45, 7) is -0.0704. The number of hydrogen-bond donors (Lipinski definition) is 3. The molecule has 9 rings (SSSR count). The van der Waals surface area contributed by atoms with Crippen molar-refractivity contribution in [3.05, 3.63) is 238 Å². The molecule has 1 aliphatic heterocycles. The van der Waals surface area contributed by atoms with Crippen LogP contribution < -0.4 is 5.56 Å². The first-order valence-corrected chi connectivity index (χ1v) is 19.1. The maximum atomic E-state index is 14.2. The fraction of sp³-hybridized carbons (Fsp3) is 0.146. The summed E-state index contributed by atoms with van der Waals surface area (Å²) in [6.07, 6.45) is -5.60. The van der Waals surface area contributed by atoms with E-state index < -0.39 is 47.3 Å². The van der Waals surface area contributed by atoms with Gasteiger partial charge in [0.2, 0.25) is 0 Å². The van der Waals surface area contributed by atoms with Crippen LogP contribution in [0, 0.1) is 6.08 Å². The third kappa shape index (κ3) is 6.61. The summed E-state index contributed by atoms with van der Waals surface area (Å²) in [5.41, 5.74) is 1.82. The molecule has 1 saturated heterocycles. The van der Waals surface area contributed by atoms with E-state index in [1.807, 2.05) is 182 Å². The van der Waals surface area contributed by atoms with Crippen molar-refractivity contribution in [3.63, 3.8) is 0 Å². The highest BCUT2D eigenvalue weighted by atomic mass is 19.1. The number of aliphatic hydroxyl groups excluding tert-OH is 1. The second-order valence-corrected chi connectivity index (χ2v) is 14.2. The summed E-state index contributed by atoms with van der Waals surface area (Å²) < 4.78 is 35.8. The molecular formula is C48H39FN4O5. The standard InChI is InChI=1S/C48H39FN4O5/c49-46-52-43-39(45(55)53-46)50-44(51-43)42-40(54)41(58-48(35-25-13-4-14-26-35,36-27-15-5-16-28-36)37-29-17-6-18-30-37)38(57-42)31-56-47(32-19-7-1-8-20-32,33-21-9-2-10-22-33)34-23-11-3-12-24-34/h1-30,38,40-42,54H,31H2,(H2,50,51,52,53,55)/t38-,40-,41-,42-/m1/s1. The van der Waals surface area contributed by atoms with Gasteiger partial charge in [-0.05, 0) is 33.4 Å². The lowest BCUT2D eigenvalue weighted by Crippen LogP contribution is -2.46. The second kappa shape index (κ2) is 15.8. The average Bonchev–Trinajstić information content (AvgIpc) is 3.85. The number of halogens is 1. The molecule has 3 heterocycles. The van der Waals surface area contributed by atoms with E-state index in [1.165, 1.54) is 0 Å². The van der Waals surface area contributed by atoms with Crippen molar-refractivity contribution in [3.8, 4) is 0 Å². The summed E-state index contributed by atoms with van der Waals surface area (Å²) in [5, 5.41) is 12.6. The number of nitrogens with zero attached hydrogens (tertiary/aromatic N) is 2. The van der Waals surface area contributed by atoms with Crippen LogP contribution in [-0.2, 0) is 25.4 Å². The molecule has 0 saturated carbocycles. The summed E-state index contributed by atoms with van der Waals surface area (Å²) in [5.74, 6) is 0.0902. The van der Waals surface area contributed by atoms with Crippen LogP contribution in [0.5, 0.6) is 0 Å². The lowest BCUT2D eigenvalue weighted by Gasteiger charge is -2.41. The first-order chi connectivity index (χ1) is 28.5. The van der Waals surface area contributed by atoms with E-state index in [2.05, 4.69) is 19.9 Å². The normalized spacial score (nSPS) is 18.4. The average molecular weight is 771 g/mol. The van der Waals surface area contributed by atoms with Crippen LogP contribution in [0.3, 0.4) is 0 Å². The number of ether oxygens (including phenoxy) is 3. The molecule has 0 spiro atoms. The molecule has 58 heavy (non-hydrogen) atoms. The monoisotopic (exact) mass is 770 g/mol. The highest BCUT2D eigenvalue weighted by Crippen LogP contribution is 2.47. The maximum Gasteiger partial charge on any atom is 0.291 e. The first kappa shape index (κ1) is 37.0. The minimum absolute atomic E-state index is 0.0483. The lowest BCUT2D eigenvalue weighted by molar-refractivity contribution is -0.130. The van der Waals surface area contributed by atoms with Crippen molar-refractivity contribution < 1.29 is 23.7 Å². The van der Waals surface area contributed by atoms with Crippen LogP contribution in [0.1, 0.15) is 45.3 Å². The number of fused-ring (bicyclic) bond motifs is 1. The Labute approximate surface area is 333 Å². The molecule has 288 valence electrons. The molecule has 0 aliphatic carbocycles. The summed E-state index contributed by atoms with van der Waals surface area (Å²) in [7, 11) is 0. The summed E-state index contributed by atoms with van der Waals surface area (Å²) in [4.78, 5) is 26.0. The Hall–Kier alpha value is -6.56. The topological polar surface area (TPSA) is 122 Å². The van der Waals surface area contributed by atoms with Crippen molar-refractivity contribution in [2.24, 2.45) is 0 Å². The molecule has 0 unspecified atom stereocenters. The molecule has 0 bridgehead atoms. The number of H-pyrrole nitrogens is 2. The maximum absolute atomic E-state index is 14.2. The molecule has 2 aromatic heterocycles. The fourth-order valence-corrected chi connectivity index (χ4v) is 8.18. The quantitative estimate of drug-likeness (QED) is 0.0851. The largest absolute Gasteiger partial charge is 0.387 e. The number of nitrogens with one attached hydrogen (secondary N) is 2. The summed E-state index contributed by atoms with van der Waals surface area (Å²) in [6, 6.07) is 59.5. The van der Waals surface area contributed by atoms with Gasteiger partial charge in [-0.3, -0.25) is 9.78 Å². The van der Waals surface area contributed by atoms with Gasteiger partial charge in [-0.2, -0.15) is 9.37 Å². The zero-order valence-corrected chi connectivity index (χ0v) is 31.2. The van der Waals surface area contributed by atoms with E-state index >= 15 is 0 Å². The smallest absolute Gasteiger partial charge is 0.291 e. The fourth-order valence-electron chi connectivity index (χ4n) is 8.18. The highest BCUT2D eigenvalue weighted by molar-refractivity contribution is 5.68. The zero-order valence-electron chi connectivity index (χ0n) is 31.2. The third-order valence-electron chi connectivity index (χ3n) is 10.8. The van der Waals surface area contributed by atoms with Crippen LogP contribution in [0.2, 0.25) is 0 Å². The SMILES string of the molecule is O=c1[nH]c(F)nc2nc([C@@H]3O[C@H](COC(c4ccccc4)(c4ccccc4)c4ccccc4)[C@@H](OC(c4ccccc4)(c4ccccc4)c4ccccc4)[C@H]3O)[nH]c12. The molecule has 1 fully saturated rings. The Morgan fingerprint density at radius 2 is 0.983 bits per heavy atom. The van der Waals surface area contributed by atoms with Gasteiger partial charge in [-0.1, -0.05) is 182 Å². The Morgan fingerprint density at radius 3 is 1.40 bits per heavy atom. The van der Waals surface area contributed by atoms with E-state index in [4.69, 9.17) is 14.2 Å². The number of rotatable bonds is 12. The van der Waals surface area contributed by atoms with Gasteiger partial charge in [0, 0.05) is 0 Å². The zero-order chi connectivity index (χ0) is 39.5. The number of aromatic amines is 2. The Balaban J connectivity index is 1.21. The van der Waals surface area contributed by atoms with Crippen LogP contribution in [-0.4, -0.2) is 50.0 Å². The van der Waals surface area contributed by atoms with Gasteiger partial charge in [0.1, 0.15) is 41.4 Å². The predicted octanol–water partition coefficient (Wildman–Crippen LogP) is 7.97. The van der Waals surface area contributed by atoms with Crippen molar-refractivity contribution in [1.29, 1.82) is 0 Å². The molecule has 1 aliphatic rings. The van der Waals surface area contributed by atoms with E-state index in [-0.39, 0.29) is 23.6 Å². The van der Waals surface area contributed by atoms with Gasteiger partial charge in [0.25, 0.3) is 11.6 Å². The minimum atomic E-state index is -1.37. The Kier molecular flexibility index (Phi) is 10.1. The number of benzene rings is 6. The lowest BCUT2D eigenvalue weighted by atomic mass is 9.79. The van der Waals surface area contributed by atoms with E-state index in [1.54, 1.807) is 0 Å². The number of hydrogen-bond acceptors (Lipinski definition) is 7. The van der Waals surface area contributed by atoms with Gasteiger partial charge in [0.15, 0.2) is 11.2 Å². The molecular weight excluding hydrogens is 732 g/mol. The Bertz CT molecular complexity index is 2450. The minimum Gasteiger partial charge on any atom is -0.387 e. The van der Waals surface area contributed by atoms with E-state index in [0.717, 1.165) is 33.4 Å². The summed E-state index contributed by atoms with van der Waals surface area (Å²) >= 11 is 0. The third-order valence-corrected chi connectivity index (χ3v) is 10.8.